The van der Waals surface area contributed by atoms with Crippen molar-refractivity contribution in [1.82, 2.24) is 4.98 Å². The molecule has 1 heterocycles. The molecule has 2 N–H and O–H groups in total. The lowest BCUT2D eigenvalue weighted by Gasteiger charge is -2.12. The second kappa shape index (κ2) is 6.04. The average molecular weight is 309 g/mol. The third-order valence-electron chi connectivity index (χ3n) is 3.19. The first-order valence-corrected chi connectivity index (χ1v) is 7.26. The number of hydrogen-bond donors (Lipinski definition) is 2. The van der Waals surface area contributed by atoms with Crippen LogP contribution in [-0.2, 0) is 4.79 Å². The molecule has 0 aliphatic carbocycles. The van der Waals surface area contributed by atoms with Crippen LogP contribution in [0.2, 0.25) is 0 Å². The second-order valence-corrected chi connectivity index (χ2v) is 5.89. The largest absolute Gasteiger partial charge is 0.481 e. The number of nitrogens with zero attached hydrogens (tertiary/aromatic N) is 2. The minimum absolute atomic E-state index is 0.0635. The fourth-order valence-electron chi connectivity index (χ4n) is 2.01. The summed E-state index contributed by atoms with van der Waals surface area (Å²) >= 11 is 1.39. The number of nitrogens with one attached hydrogen (secondary N) is 1. The monoisotopic (exact) mass is 309 g/mol. The summed E-state index contributed by atoms with van der Waals surface area (Å²) in [5.41, 5.74) is 0.915. The van der Waals surface area contributed by atoms with E-state index in [2.05, 4.69) is 10.3 Å². The van der Waals surface area contributed by atoms with Crippen LogP contribution >= 0.6 is 11.3 Å². The molecule has 1 atom stereocenters. The minimum atomic E-state index is -0.918. The van der Waals surface area contributed by atoms with Gasteiger partial charge in [-0.2, -0.15) is 0 Å². The number of rotatable bonds is 6. The fourth-order valence-corrected chi connectivity index (χ4v) is 2.85. The highest BCUT2D eigenvalue weighted by Crippen LogP contribution is 2.33. The topological polar surface area (TPSA) is 105 Å². The quantitative estimate of drug-likeness (QED) is 0.627. The number of carboxylic acids is 1. The molecule has 0 bridgehead atoms. The second-order valence-electron chi connectivity index (χ2n) is 4.65. The van der Waals surface area contributed by atoms with Gasteiger partial charge in [0.15, 0.2) is 0 Å². The maximum atomic E-state index is 11.2. The van der Waals surface area contributed by atoms with Crippen LogP contribution in [0.15, 0.2) is 12.1 Å². The van der Waals surface area contributed by atoms with E-state index in [0.717, 1.165) is 9.71 Å². The van der Waals surface area contributed by atoms with Gasteiger partial charge < -0.3 is 10.4 Å². The summed E-state index contributed by atoms with van der Waals surface area (Å²) in [4.78, 5) is 26.0. The number of aryl methyl sites for hydroxylation is 1. The van der Waals surface area contributed by atoms with Crippen molar-refractivity contribution < 1.29 is 14.8 Å². The van der Waals surface area contributed by atoms with Crippen LogP contribution in [0.1, 0.15) is 18.4 Å². The minimum Gasteiger partial charge on any atom is -0.481 e. The summed E-state index contributed by atoms with van der Waals surface area (Å²) < 4.78 is 0.745. The van der Waals surface area contributed by atoms with Crippen LogP contribution in [0, 0.1) is 23.0 Å². The Morgan fingerprint density at radius 1 is 1.57 bits per heavy atom. The summed E-state index contributed by atoms with van der Waals surface area (Å²) in [6.45, 7) is 3.74. The van der Waals surface area contributed by atoms with Crippen molar-refractivity contribution in [1.29, 1.82) is 0 Å². The van der Waals surface area contributed by atoms with Gasteiger partial charge in [0.1, 0.15) is 5.69 Å². The lowest BCUT2D eigenvalue weighted by molar-refractivity contribution is -0.383. The third kappa shape index (κ3) is 3.27. The molecule has 0 spiro atoms. The van der Waals surface area contributed by atoms with Crippen molar-refractivity contribution in [2.45, 2.75) is 20.3 Å². The van der Waals surface area contributed by atoms with E-state index in [1.807, 2.05) is 6.92 Å². The van der Waals surface area contributed by atoms with Crippen LogP contribution in [0.4, 0.5) is 11.4 Å². The zero-order valence-corrected chi connectivity index (χ0v) is 12.4. The van der Waals surface area contributed by atoms with E-state index in [1.54, 1.807) is 13.0 Å². The number of anilines is 1. The Hall–Kier alpha value is -2.22. The number of nitro benzene ring substituents is 1. The van der Waals surface area contributed by atoms with E-state index in [0.29, 0.717) is 17.6 Å². The van der Waals surface area contributed by atoms with Gasteiger partial charge >= 0.3 is 5.97 Å². The number of thiazole rings is 1. The van der Waals surface area contributed by atoms with E-state index in [4.69, 9.17) is 5.11 Å². The zero-order valence-electron chi connectivity index (χ0n) is 11.6. The molecular formula is C13H15N3O4S. The number of carbonyl (C=O) groups is 1. The number of fused-ring (bicyclic) bond motifs is 1. The van der Waals surface area contributed by atoms with Crippen molar-refractivity contribution >= 4 is 38.9 Å². The lowest BCUT2D eigenvalue weighted by atomic mass is 10.1. The average Bonchev–Trinajstić information content (AvgIpc) is 2.76. The van der Waals surface area contributed by atoms with Gasteiger partial charge in [-0.05, 0) is 19.4 Å². The molecule has 1 unspecified atom stereocenters. The summed E-state index contributed by atoms with van der Waals surface area (Å²) in [7, 11) is 0. The maximum Gasteiger partial charge on any atom is 0.308 e. The van der Waals surface area contributed by atoms with E-state index in [-0.39, 0.29) is 12.2 Å². The van der Waals surface area contributed by atoms with Crippen LogP contribution in [0.25, 0.3) is 10.2 Å². The Kier molecular flexibility index (Phi) is 4.37. The smallest absolute Gasteiger partial charge is 0.308 e. The van der Waals surface area contributed by atoms with Crippen molar-refractivity contribution in [3.05, 3.63) is 27.3 Å². The first-order chi connectivity index (χ1) is 9.92. The highest BCUT2D eigenvalue weighted by atomic mass is 32.1. The van der Waals surface area contributed by atoms with Crippen molar-refractivity contribution in [2.24, 2.45) is 5.92 Å². The van der Waals surface area contributed by atoms with Crippen LogP contribution in [-0.4, -0.2) is 27.5 Å². The predicted molar refractivity (Wildman–Crippen MR) is 80.9 cm³/mol. The molecule has 2 rings (SSSR count). The van der Waals surface area contributed by atoms with Gasteiger partial charge in [0, 0.05) is 12.6 Å². The molecule has 8 heteroatoms. The number of hydrogen-bond acceptors (Lipinski definition) is 6. The molecule has 0 aliphatic rings. The lowest BCUT2D eigenvalue weighted by Crippen LogP contribution is -2.22. The molecule has 0 saturated carbocycles. The van der Waals surface area contributed by atoms with Crippen LogP contribution in [0.5, 0.6) is 0 Å². The molecule has 2 aromatic rings. The molecule has 7 nitrogen and oxygen atoms in total. The Labute approximate surface area is 124 Å². The van der Waals surface area contributed by atoms with Gasteiger partial charge in [-0.3, -0.25) is 14.9 Å². The highest BCUT2D eigenvalue weighted by molar-refractivity contribution is 7.18. The Balaban J connectivity index is 2.34. The summed E-state index contributed by atoms with van der Waals surface area (Å²) in [6, 6.07) is 3.08. The van der Waals surface area contributed by atoms with Crippen LogP contribution < -0.4 is 5.32 Å². The molecule has 0 saturated heterocycles. The van der Waals surface area contributed by atoms with Crippen molar-refractivity contribution in [3.63, 3.8) is 0 Å². The van der Waals surface area contributed by atoms with E-state index >= 15 is 0 Å². The molecule has 1 aromatic carbocycles. The molecule has 0 amide bonds. The van der Waals surface area contributed by atoms with Gasteiger partial charge in [-0.1, -0.05) is 6.92 Å². The van der Waals surface area contributed by atoms with Gasteiger partial charge in [-0.25, -0.2) is 4.98 Å². The summed E-state index contributed by atoms with van der Waals surface area (Å²) in [6.07, 6.45) is 0.453. The van der Waals surface area contributed by atoms with Crippen molar-refractivity contribution in [2.75, 3.05) is 11.9 Å². The third-order valence-corrected chi connectivity index (χ3v) is 4.12. The highest BCUT2D eigenvalue weighted by Gasteiger charge is 2.20. The molecule has 1 aromatic heterocycles. The van der Waals surface area contributed by atoms with E-state index < -0.39 is 16.8 Å². The molecule has 0 fully saturated rings. The number of aliphatic carboxylic acids is 1. The van der Waals surface area contributed by atoms with E-state index in [9.17, 15) is 14.9 Å². The Morgan fingerprint density at radius 3 is 2.86 bits per heavy atom. The SMILES string of the molecule is CCC(CNc1cc2nc(C)sc2cc1[N+](=O)[O-])C(=O)O. The normalized spacial score (nSPS) is 12.3. The Morgan fingerprint density at radius 2 is 2.29 bits per heavy atom. The molecule has 0 aliphatic heterocycles. The molecule has 21 heavy (non-hydrogen) atoms. The number of nitro groups is 1. The molecular weight excluding hydrogens is 294 g/mol. The number of aromatic nitrogens is 1. The van der Waals surface area contributed by atoms with Gasteiger partial charge in [0.05, 0.1) is 26.1 Å². The zero-order chi connectivity index (χ0) is 15.6. The summed E-state index contributed by atoms with van der Waals surface area (Å²) in [5.74, 6) is -1.50. The van der Waals surface area contributed by atoms with Gasteiger partial charge in [-0.15, -0.1) is 11.3 Å². The standard InChI is InChI=1S/C13H15N3O4S/c1-3-8(13(17)18)6-14-9-4-10-12(21-7(2)15-10)5-11(9)16(19)20/h4-5,8,14H,3,6H2,1-2H3,(H,17,18). The van der Waals surface area contributed by atoms with Crippen molar-refractivity contribution in [3.8, 4) is 0 Å². The first kappa shape index (κ1) is 15.2. The summed E-state index contributed by atoms with van der Waals surface area (Å²) in [5, 5.41) is 23.9. The Bertz CT molecular complexity index is 698. The number of benzene rings is 1. The number of carboxylic acid groups (broad SMARTS) is 1. The van der Waals surface area contributed by atoms with Gasteiger partial charge in [0.25, 0.3) is 5.69 Å². The van der Waals surface area contributed by atoms with Crippen LogP contribution in [0.3, 0.4) is 0 Å². The van der Waals surface area contributed by atoms with Gasteiger partial charge in [0.2, 0.25) is 0 Å². The molecule has 112 valence electrons. The first-order valence-electron chi connectivity index (χ1n) is 6.44. The fraction of sp³-hybridized carbons (Fsp3) is 0.385. The molecule has 0 radical (unpaired) electrons. The predicted octanol–water partition coefficient (Wildman–Crippen LogP) is 3.04. The van der Waals surface area contributed by atoms with E-state index in [1.165, 1.54) is 17.4 Å². The maximum absolute atomic E-state index is 11.2.